The van der Waals surface area contributed by atoms with Crippen LogP contribution in [0.25, 0.3) is 0 Å². The van der Waals surface area contributed by atoms with Crippen molar-refractivity contribution in [2.45, 2.75) is 0 Å². The molecule has 7 heteroatoms. The minimum Gasteiger partial charge on any atom is -0.397 e. The van der Waals surface area contributed by atoms with Crippen molar-refractivity contribution in [1.82, 2.24) is 9.97 Å². The second kappa shape index (κ2) is 4.46. The Hall–Kier alpha value is -1.66. The van der Waals surface area contributed by atoms with Crippen molar-refractivity contribution in [3.05, 3.63) is 33.9 Å². The van der Waals surface area contributed by atoms with E-state index in [-0.39, 0.29) is 11.2 Å². The molecule has 0 unspecified atom stereocenters. The molecule has 2 heterocycles. The molecule has 2 rings (SSSR count). The molecule has 0 saturated carbocycles. The maximum atomic E-state index is 11.7. The van der Waals surface area contributed by atoms with Crippen LogP contribution in [0.15, 0.2) is 23.7 Å². The lowest BCUT2D eigenvalue weighted by atomic mass is 10.4. The molecule has 0 radical (unpaired) electrons. The van der Waals surface area contributed by atoms with E-state index < -0.39 is 0 Å². The number of hydrogen-bond donors (Lipinski definition) is 2. The van der Waals surface area contributed by atoms with Crippen molar-refractivity contribution >= 4 is 40.4 Å². The largest absolute Gasteiger partial charge is 0.397 e. The Morgan fingerprint density at radius 2 is 2.31 bits per heavy atom. The second-order valence-corrected chi connectivity index (χ2v) is 4.12. The van der Waals surface area contributed by atoms with Crippen LogP contribution in [0.2, 0.25) is 5.28 Å². The van der Waals surface area contributed by atoms with E-state index in [0.717, 1.165) is 0 Å². The minimum absolute atomic E-state index is 0.0805. The molecule has 0 aliphatic heterocycles. The molecule has 1 amide bonds. The van der Waals surface area contributed by atoms with Crippen LogP contribution in [-0.2, 0) is 0 Å². The zero-order valence-electron chi connectivity index (χ0n) is 7.98. The highest BCUT2D eigenvalue weighted by molar-refractivity contribution is 7.12. The van der Waals surface area contributed by atoms with Crippen LogP contribution in [0.1, 0.15) is 9.67 Å². The summed E-state index contributed by atoms with van der Waals surface area (Å²) in [4.78, 5) is 19.7. The summed E-state index contributed by atoms with van der Waals surface area (Å²) in [6, 6.07) is 3.22. The first-order chi connectivity index (χ1) is 7.66. The van der Waals surface area contributed by atoms with Crippen molar-refractivity contribution in [1.29, 1.82) is 0 Å². The third-order valence-electron chi connectivity index (χ3n) is 1.77. The molecule has 0 bridgehead atoms. The molecular formula is C9H7ClN4OS. The van der Waals surface area contributed by atoms with Gasteiger partial charge < -0.3 is 11.1 Å². The summed E-state index contributed by atoms with van der Waals surface area (Å²) in [6.45, 7) is 0. The molecule has 0 aliphatic carbocycles. The van der Waals surface area contributed by atoms with Gasteiger partial charge in [0.1, 0.15) is 10.7 Å². The van der Waals surface area contributed by atoms with Crippen LogP contribution >= 0.6 is 22.9 Å². The molecule has 0 aliphatic rings. The van der Waals surface area contributed by atoms with Crippen LogP contribution in [0.5, 0.6) is 0 Å². The number of aromatic nitrogens is 2. The summed E-state index contributed by atoms with van der Waals surface area (Å²) in [6.07, 6.45) is 1.46. The average Bonchev–Trinajstić information content (AvgIpc) is 2.64. The number of nitrogens with two attached hydrogens (primary N) is 1. The summed E-state index contributed by atoms with van der Waals surface area (Å²) in [7, 11) is 0. The van der Waals surface area contributed by atoms with E-state index in [2.05, 4.69) is 15.3 Å². The predicted molar refractivity (Wildman–Crippen MR) is 63.7 cm³/mol. The quantitative estimate of drug-likeness (QED) is 0.804. The van der Waals surface area contributed by atoms with E-state index in [1.807, 2.05) is 0 Å². The lowest BCUT2D eigenvalue weighted by molar-refractivity contribution is 0.103. The van der Waals surface area contributed by atoms with Gasteiger partial charge in [-0.3, -0.25) is 4.79 Å². The highest BCUT2D eigenvalue weighted by Gasteiger charge is 2.11. The number of nitrogens with zero attached hydrogens (tertiary/aromatic N) is 2. The van der Waals surface area contributed by atoms with Crippen molar-refractivity contribution in [2.75, 3.05) is 11.1 Å². The molecule has 0 spiro atoms. The summed E-state index contributed by atoms with van der Waals surface area (Å²) in [5, 5.41) is 4.41. The molecular weight excluding hydrogens is 248 g/mol. The fourth-order valence-electron chi connectivity index (χ4n) is 1.08. The van der Waals surface area contributed by atoms with Gasteiger partial charge in [-0.05, 0) is 29.1 Å². The van der Waals surface area contributed by atoms with Gasteiger partial charge in [0.2, 0.25) is 5.28 Å². The van der Waals surface area contributed by atoms with Crippen LogP contribution in [0.4, 0.5) is 11.5 Å². The highest BCUT2D eigenvalue weighted by Crippen LogP contribution is 2.20. The fraction of sp³-hybridized carbons (Fsp3) is 0. The number of hydrogen-bond acceptors (Lipinski definition) is 5. The first-order valence-corrected chi connectivity index (χ1v) is 5.55. The monoisotopic (exact) mass is 254 g/mol. The number of amides is 1. The third kappa shape index (κ3) is 2.29. The normalized spacial score (nSPS) is 10.1. The molecule has 2 aromatic rings. The van der Waals surface area contributed by atoms with E-state index in [1.165, 1.54) is 17.5 Å². The van der Waals surface area contributed by atoms with E-state index in [4.69, 9.17) is 17.3 Å². The maximum absolute atomic E-state index is 11.7. The molecule has 5 nitrogen and oxygen atoms in total. The zero-order valence-corrected chi connectivity index (χ0v) is 9.55. The van der Waals surface area contributed by atoms with E-state index >= 15 is 0 Å². The van der Waals surface area contributed by atoms with Crippen molar-refractivity contribution in [3.8, 4) is 0 Å². The standard InChI is InChI=1S/C9H7ClN4OS/c10-9-12-3-1-6(14-9)13-8(15)7-5(11)2-4-16-7/h1-4H,11H2,(H,12,13,14,15). The fourth-order valence-corrected chi connectivity index (χ4v) is 1.94. The van der Waals surface area contributed by atoms with Crippen molar-refractivity contribution in [2.24, 2.45) is 0 Å². The highest BCUT2D eigenvalue weighted by atomic mass is 35.5. The SMILES string of the molecule is Nc1ccsc1C(=O)Nc1ccnc(Cl)n1. The van der Waals surface area contributed by atoms with Gasteiger partial charge in [0.05, 0.1) is 5.69 Å². The first-order valence-electron chi connectivity index (χ1n) is 4.29. The number of halogens is 1. The Balaban J connectivity index is 2.17. The molecule has 0 aromatic carbocycles. The number of nitrogens with one attached hydrogen (secondary N) is 1. The van der Waals surface area contributed by atoms with E-state index in [1.54, 1.807) is 17.5 Å². The average molecular weight is 255 g/mol. The number of rotatable bonds is 2. The molecule has 2 aromatic heterocycles. The minimum atomic E-state index is -0.303. The van der Waals surface area contributed by atoms with Gasteiger partial charge in [0.15, 0.2) is 0 Å². The topological polar surface area (TPSA) is 80.9 Å². The summed E-state index contributed by atoms with van der Waals surface area (Å²) in [5.74, 6) is 0.0417. The van der Waals surface area contributed by atoms with Gasteiger partial charge in [-0.25, -0.2) is 9.97 Å². The van der Waals surface area contributed by atoms with Crippen molar-refractivity contribution in [3.63, 3.8) is 0 Å². The lowest BCUT2D eigenvalue weighted by Crippen LogP contribution is -2.13. The molecule has 0 saturated heterocycles. The Kier molecular flexibility index (Phi) is 3.02. The number of carbonyl (C=O) groups is 1. The van der Waals surface area contributed by atoms with Gasteiger partial charge in [0.25, 0.3) is 5.91 Å². The zero-order chi connectivity index (χ0) is 11.5. The van der Waals surface area contributed by atoms with E-state index in [0.29, 0.717) is 16.4 Å². The van der Waals surface area contributed by atoms with Gasteiger partial charge in [-0.1, -0.05) is 0 Å². The van der Waals surface area contributed by atoms with Crippen LogP contribution in [-0.4, -0.2) is 15.9 Å². The number of nitrogen functional groups attached to an aromatic ring is 1. The van der Waals surface area contributed by atoms with Crippen LogP contribution in [0.3, 0.4) is 0 Å². The van der Waals surface area contributed by atoms with Gasteiger partial charge in [-0.15, -0.1) is 11.3 Å². The molecule has 0 atom stereocenters. The molecule has 82 valence electrons. The molecule has 16 heavy (non-hydrogen) atoms. The van der Waals surface area contributed by atoms with Crippen molar-refractivity contribution < 1.29 is 4.79 Å². The Morgan fingerprint density at radius 3 is 2.94 bits per heavy atom. The van der Waals surface area contributed by atoms with Gasteiger partial charge in [-0.2, -0.15) is 0 Å². The number of carbonyl (C=O) groups excluding carboxylic acids is 1. The van der Waals surface area contributed by atoms with Gasteiger partial charge >= 0.3 is 0 Å². The van der Waals surface area contributed by atoms with E-state index in [9.17, 15) is 4.79 Å². The molecule has 0 fully saturated rings. The summed E-state index contributed by atoms with van der Waals surface area (Å²) < 4.78 is 0. The van der Waals surface area contributed by atoms with Gasteiger partial charge in [0, 0.05) is 6.20 Å². The summed E-state index contributed by atoms with van der Waals surface area (Å²) >= 11 is 6.86. The number of thiophene rings is 1. The first kappa shape index (κ1) is 10.8. The Bertz CT molecular complexity index is 528. The summed E-state index contributed by atoms with van der Waals surface area (Å²) in [5.41, 5.74) is 6.06. The maximum Gasteiger partial charge on any atom is 0.269 e. The smallest absolute Gasteiger partial charge is 0.269 e. The Morgan fingerprint density at radius 1 is 1.50 bits per heavy atom. The third-order valence-corrected chi connectivity index (χ3v) is 2.88. The van der Waals surface area contributed by atoms with Crippen LogP contribution < -0.4 is 11.1 Å². The second-order valence-electron chi connectivity index (χ2n) is 2.87. The number of anilines is 2. The Labute approximate surface area is 100 Å². The predicted octanol–water partition coefficient (Wildman–Crippen LogP) is 2.03. The lowest BCUT2D eigenvalue weighted by Gasteiger charge is -2.02. The molecule has 3 N–H and O–H groups in total. The van der Waals surface area contributed by atoms with Crippen LogP contribution in [0, 0.1) is 0 Å².